The van der Waals surface area contributed by atoms with E-state index >= 15 is 0 Å². The molecule has 2 amide bonds. The molecule has 0 unspecified atom stereocenters. The number of hydrogen-bond acceptors (Lipinski definition) is 4. The molecular formula is C20H22N2O4S. The first-order chi connectivity index (χ1) is 12.5. The second kappa shape index (κ2) is 6.49. The van der Waals surface area contributed by atoms with Gasteiger partial charge in [-0.3, -0.25) is 9.59 Å². The number of anilines is 2. The molecule has 0 atom stereocenters. The van der Waals surface area contributed by atoms with E-state index in [1.54, 1.807) is 32.0 Å². The zero-order valence-electron chi connectivity index (χ0n) is 15.7. The van der Waals surface area contributed by atoms with Crippen molar-refractivity contribution >= 4 is 33.2 Å². The van der Waals surface area contributed by atoms with E-state index in [-0.39, 0.29) is 22.9 Å². The van der Waals surface area contributed by atoms with Crippen molar-refractivity contribution in [1.82, 2.24) is 0 Å². The Morgan fingerprint density at radius 1 is 1.07 bits per heavy atom. The highest BCUT2D eigenvalue weighted by Gasteiger charge is 2.49. The summed E-state index contributed by atoms with van der Waals surface area (Å²) < 4.78 is 25.7. The van der Waals surface area contributed by atoms with E-state index in [0.29, 0.717) is 5.69 Å². The summed E-state index contributed by atoms with van der Waals surface area (Å²) in [6.45, 7) is 7.14. The molecule has 1 fully saturated rings. The molecule has 0 spiro atoms. The van der Waals surface area contributed by atoms with Crippen LogP contribution in [0.4, 0.5) is 11.4 Å². The van der Waals surface area contributed by atoms with Gasteiger partial charge in [-0.05, 0) is 69.2 Å². The van der Waals surface area contributed by atoms with Gasteiger partial charge in [0.1, 0.15) is 0 Å². The maximum absolute atomic E-state index is 12.6. The van der Waals surface area contributed by atoms with Crippen LogP contribution in [0.2, 0.25) is 0 Å². The van der Waals surface area contributed by atoms with Crippen molar-refractivity contribution in [3.05, 3.63) is 59.2 Å². The average Bonchev–Trinajstić information content (AvgIpc) is 2.74. The van der Waals surface area contributed by atoms with E-state index in [0.717, 1.165) is 15.4 Å². The lowest BCUT2D eigenvalue weighted by molar-refractivity contribution is -0.123. The maximum Gasteiger partial charge on any atom is 0.255 e. The Labute approximate surface area is 159 Å². The van der Waals surface area contributed by atoms with Gasteiger partial charge in [0.05, 0.1) is 16.9 Å². The summed E-state index contributed by atoms with van der Waals surface area (Å²) in [7, 11) is -3.76. The summed E-state index contributed by atoms with van der Waals surface area (Å²) >= 11 is 0. The van der Waals surface area contributed by atoms with E-state index in [4.69, 9.17) is 0 Å². The summed E-state index contributed by atoms with van der Waals surface area (Å²) in [6, 6.07) is 11.7. The molecule has 1 aliphatic heterocycles. The fourth-order valence-corrected chi connectivity index (χ4v) is 5.16. The van der Waals surface area contributed by atoms with Gasteiger partial charge in [-0.15, -0.1) is 0 Å². The molecule has 1 saturated heterocycles. The first-order valence-corrected chi connectivity index (χ1v) is 10.2. The number of amides is 2. The highest BCUT2D eigenvalue weighted by molar-refractivity contribution is 7.94. The number of hydrogen-bond donors (Lipinski definition) is 1. The number of sulfonamides is 1. The monoisotopic (exact) mass is 386 g/mol. The minimum Gasteiger partial charge on any atom is -0.322 e. The van der Waals surface area contributed by atoms with Crippen molar-refractivity contribution in [3.63, 3.8) is 0 Å². The van der Waals surface area contributed by atoms with Crippen molar-refractivity contribution in [3.8, 4) is 0 Å². The summed E-state index contributed by atoms with van der Waals surface area (Å²) in [5, 5.41) is 2.80. The van der Waals surface area contributed by atoms with Crippen molar-refractivity contribution in [2.75, 3.05) is 15.4 Å². The fraction of sp³-hybridized carbons (Fsp3) is 0.300. The topological polar surface area (TPSA) is 83.6 Å². The van der Waals surface area contributed by atoms with Crippen molar-refractivity contribution in [1.29, 1.82) is 0 Å². The third kappa shape index (κ3) is 3.60. The van der Waals surface area contributed by atoms with Crippen LogP contribution in [0.3, 0.4) is 0 Å². The lowest BCUT2D eigenvalue weighted by Crippen LogP contribution is -2.33. The molecule has 2 aromatic rings. The predicted molar refractivity (Wildman–Crippen MR) is 105 cm³/mol. The van der Waals surface area contributed by atoms with Crippen molar-refractivity contribution in [2.24, 2.45) is 5.41 Å². The molecular weight excluding hydrogens is 364 g/mol. The van der Waals surface area contributed by atoms with Crippen LogP contribution in [0.1, 0.15) is 35.3 Å². The molecule has 6 nitrogen and oxygen atoms in total. The first kappa shape index (κ1) is 19.1. The molecule has 0 aromatic heterocycles. The van der Waals surface area contributed by atoms with Crippen LogP contribution in [-0.2, 0) is 14.8 Å². The molecule has 7 heteroatoms. The van der Waals surface area contributed by atoms with Crippen LogP contribution in [0.5, 0.6) is 0 Å². The smallest absolute Gasteiger partial charge is 0.255 e. The maximum atomic E-state index is 12.6. The fourth-order valence-electron chi connectivity index (χ4n) is 3.06. The molecule has 2 aromatic carbocycles. The van der Waals surface area contributed by atoms with Gasteiger partial charge in [-0.25, -0.2) is 12.7 Å². The lowest BCUT2D eigenvalue weighted by Gasteiger charge is -2.18. The van der Waals surface area contributed by atoms with Crippen LogP contribution >= 0.6 is 0 Å². The Balaban J connectivity index is 1.90. The van der Waals surface area contributed by atoms with Gasteiger partial charge >= 0.3 is 0 Å². The van der Waals surface area contributed by atoms with E-state index in [9.17, 15) is 18.0 Å². The Kier molecular flexibility index (Phi) is 4.59. The largest absolute Gasteiger partial charge is 0.322 e. The van der Waals surface area contributed by atoms with Crippen molar-refractivity contribution in [2.45, 2.75) is 27.7 Å². The molecule has 3 rings (SSSR count). The number of aryl methyl sites for hydroxylation is 2. The lowest BCUT2D eigenvalue weighted by atomic mass is 9.95. The number of carbonyl (C=O) groups is 2. The zero-order chi connectivity index (χ0) is 20.0. The molecule has 142 valence electrons. The average molecular weight is 386 g/mol. The molecule has 0 saturated carbocycles. The van der Waals surface area contributed by atoms with Gasteiger partial charge in [0.2, 0.25) is 15.9 Å². The third-order valence-corrected chi connectivity index (χ3v) is 6.71. The Morgan fingerprint density at radius 2 is 1.78 bits per heavy atom. The van der Waals surface area contributed by atoms with Gasteiger partial charge in [-0.1, -0.05) is 12.1 Å². The molecule has 0 aliphatic carbocycles. The second-order valence-electron chi connectivity index (χ2n) is 7.51. The van der Waals surface area contributed by atoms with Crippen LogP contribution in [0.15, 0.2) is 42.5 Å². The number of carbonyl (C=O) groups excluding carboxylic acids is 2. The van der Waals surface area contributed by atoms with Crippen LogP contribution in [0, 0.1) is 19.3 Å². The number of nitrogens with zero attached hydrogens (tertiary/aromatic N) is 1. The number of benzene rings is 2. The number of nitrogens with one attached hydrogen (secondary N) is 1. The highest BCUT2D eigenvalue weighted by atomic mass is 32.2. The summed E-state index contributed by atoms with van der Waals surface area (Å²) in [5.41, 5.74) is 2.29. The zero-order valence-corrected chi connectivity index (χ0v) is 16.6. The van der Waals surface area contributed by atoms with Gasteiger partial charge in [-0.2, -0.15) is 0 Å². The van der Waals surface area contributed by atoms with Gasteiger partial charge in [0, 0.05) is 11.3 Å². The van der Waals surface area contributed by atoms with Gasteiger partial charge < -0.3 is 5.32 Å². The highest BCUT2D eigenvalue weighted by Crippen LogP contribution is 2.36. The second-order valence-corrected chi connectivity index (χ2v) is 9.33. The Hall–Kier alpha value is -2.67. The van der Waals surface area contributed by atoms with Crippen LogP contribution in [0.25, 0.3) is 0 Å². The molecule has 1 N–H and O–H groups in total. The van der Waals surface area contributed by atoms with E-state index in [1.807, 2.05) is 26.0 Å². The Bertz CT molecular complexity index is 1040. The normalized spacial score (nSPS) is 17.8. The third-order valence-electron chi connectivity index (χ3n) is 4.69. The van der Waals surface area contributed by atoms with E-state index in [2.05, 4.69) is 5.32 Å². The standard InChI is InChI=1S/C20H22N2O4S/c1-13-8-9-16(10-14(13)2)21-18(23)15-6-5-7-17(11-15)22-19(24)20(3,4)12-27(22,25)26/h5-11H,12H2,1-4H3,(H,21,23). The number of rotatable bonds is 3. The van der Waals surface area contributed by atoms with Gasteiger partial charge in [0.15, 0.2) is 0 Å². The quantitative estimate of drug-likeness (QED) is 0.878. The Morgan fingerprint density at radius 3 is 2.37 bits per heavy atom. The molecule has 0 bridgehead atoms. The predicted octanol–water partition coefficient (Wildman–Crippen LogP) is 3.26. The minimum absolute atomic E-state index is 0.179. The van der Waals surface area contributed by atoms with Crippen LogP contribution in [-0.4, -0.2) is 26.0 Å². The van der Waals surface area contributed by atoms with Gasteiger partial charge in [0.25, 0.3) is 5.91 Å². The van der Waals surface area contributed by atoms with E-state index in [1.165, 1.54) is 12.1 Å². The SMILES string of the molecule is Cc1ccc(NC(=O)c2cccc(N3C(=O)C(C)(C)CS3(=O)=O)c2)cc1C. The summed E-state index contributed by atoms with van der Waals surface area (Å²) in [5.74, 6) is -1.12. The van der Waals surface area contributed by atoms with Crippen molar-refractivity contribution < 1.29 is 18.0 Å². The van der Waals surface area contributed by atoms with E-state index < -0.39 is 21.3 Å². The summed E-state index contributed by atoms with van der Waals surface area (Å²) in [6.07, 6.45) is 0. The molecule has 1 heterocycles. The first-order valence-electron chi connectivity index (χ1n) is 8.57. The minimum atomic E-state index is -3.76. The van der Waals surface area contributed by atoms with Crippen LogP contribution < -0.4 is 9.62 Å². The molecule has 1 aliphatic rings. The summed E-state index contributed by atoms with van der Waals surface area (Å²) in [4.78, 5) is 25.1. The molecule has 27 heavy (non-hydrogen) atoms. The molecule has 0 radical (unpaired) electrons.